The summed E-state index contributed by atoms with van der Waals surface area (Å²) in [4.78, 5) is 11.6. The molecule has 3 heteroatoms. The zero-order valence-corrected chi connectivity index (χ0v) is 12.7. The maximum atomic E-state index is 11.6. The molecule has 0 aliphatic heterocycles. The van der Waals surface area contributed by atoms with Gasteiger partial charge in [-0.2, -0.15) is 0 Å². The molecule has 2 aromatic rings. The summed E-state index contributed by atoms with van der Waals surface area (Å²) < 4.78 is 5.25. The van der Waals surface area contributed by atoms with Crippen LogP contribution in [0.1, 0.15) is 20.8 Å². The first kappa shape index (κ1) is 15.1. The van der Waals surface area contributed by atoms with Gasteiger partial charge >= 0.3 is 5.97 Å². The minimum atomic E-state index is -0.448. The molecule has 1 N–H and O–H groups in total. The number of esters is 1. The summed E-state index contributed by atoms with van der Waals surface area (Å²) in [5, 5.41) is 3.07. The lowest BCUT2D eigenvalue weighted by Gasteiger charge is -2.19. The Balaban J connectivity index is 1.93. The van der Waals surface area contributed by atoms with Crippen LogP contribution in [0, 0.1) is 0 Å². The van der Waals surface area contributed by atoms with E-state index in [-0.39, 0.29) is 12.5 Å². The van der Waals surface area contributed by atoms with Gasteiger partial charge in [-0.15, -0.1) is 0 Å². The Morgan fingerprint density at radius 1 is 0.952 bits per heavy atom. The van der Waals surface area contributed by atoms with Crippen LogP contribution in [0.5, 0.6) is 0 Å². The van der Waals surface area contributed by atoms with Crippen LogP contribution in [0.3, 0.4) is 0 Å². The van der Waals surface area contributed by atoms with Gasteiger partial charge in [0, 0.05) is 5.69 Å². The smallest absolute Gasteiger partial charge is 0.325 e. The SMILES string of the molecule is CC(C)(C)OC(=O)CNc1ccc(-c2ccccc2)cc1. The van der Waals surface area contributed by atoms with Crippen LogP contribution in [0.15, 0.2) is 54.6 Å². The van der Waals surface area contributed by atoms with Crippen LogP contribution >= 0.6 is 0 Å². The lowest BCUT2D eigenvalue weighted by molar-refractivity contribution is -0.152. The maximum Gasteiger partial charge on any atom is 0.325 e. The predicted molar refractivity (Wildman–Crippen MR) is 86.2 cm³/mol. The molecule has 0 unspecified atom stereocenters. The fourth-order valence-electron chi connectivity index (χ4n) is 1.96. The van der Waals surface area contributed by atoms with Crippen molar-refractivity contribution in [3.63, 3.8) is 0 Å². The molecule has 0 atom stereocenters. The Morgan fingerprint density at radius 2 is 1.52 bits per heavy atom. The van der Waals surface area contributed by atoms with E-state index in [9.17, 15) is 4.79 Å². The van der Waals surface area contributed by atoms with Crippen molar-refractivity contribution in [3.05, 3.63) is 54.6 Å². The van der Waals surface area contributed by atoms with Crippen molar-refractivity contribution in [2.75, 3.05) is 11.9 Å². The summed E-state index contributed by atoms with van der Waals surface area (Å²) in [7, 11) is 0. The predicted octanol–water partition coefficient (Wildman–Crippen LogP) is 4.11. The highest BCUT2D eigenvalue weighted by Crippen LogP contribution is 2.20. The van der Waals surface area contributed by atoms with Crippen LogP contribution in [-0.4, -0.2) is 18.1 Å². The Bertz CT molecular complexity index is 583. The van der Waals surface area contributed by atoms with Crippen LogP contribution in [0.25, 0.3) is 11.1 Å². The molecule has 0 heterocycles. The molecule has 0 bridgehead atoms. The normalized spacial score (nSPS) is 11.0. The van der Waals surface area contributed by atoms with Crippen molar-refractivity contribution in [3.8, 4) is 11.1 Å². The molecule has 3 nitrogen and oxygen atoms in total. The second kappa shape index (κ2) is 6.44. The molecule has 2 rings (SSSR count). The van der Waals surface area contributed by atoms with E-state index in [1.54, 1.807) is 0 Å². The van der Waals surface area contributed by atoms with Gasteiger partial charge in [-0.05, 0) is 44.0 Å². The molecule has 0 aliphatic carbocycles. The Labute approximate surface area is 126 Å². The van der Waals surface area contributed by atoms with E-state index < -0.39 is 5.60 Å². The highest BCUT2D eigenvalue weighted by atomic mass is 16.6. The summed E-state index contributed by atoms with van der Waals surface area (Å²) >= 11 is 0. The lowest BCUT2D eigenvalue weighted by atomic mass is 10.1. The van der Waals surface area contributed by atoms with Gasteiger partial charge < -0.3 is 10.1 Å². The van der Waals surface area contributed by atoms with Crippen LogP contribution < -0.4 is 5.32 Å². The van der Waals surface area contributed by atoms with Crippen molar-refractivity contribution >= 4 is 11.7 Å². The van der Waals surface area contributed by atoms with E-state index in [0.717, 1.165) is 11.3 Å². The van der Waals surface area contributed by atoms with Crippen LogP contribution in [0.4, 0.5) is 5.69 Å². The first-order valence-electron chi connectivity index (χ1n) is 7.05. The van der Waals surface area contributed by atoms with Gasteiger partial charge in [-0.3, -0.25) is 4.79 Å². The highest BCUT2D eigenvalue weighted by Gasteiger charge is 2.15. The van der Waals surface area contributed by atoms with Gasteiger partial charge in [-0.1, -0.05) is 42.5 Å². The number of anilines is 1. The third-order valence-electron chi connectivity index (χ3n) is 2.85. The third kappa shape index (κ3) is 4.95. The first-order valence-corrected chi connectivity index (χ1v) is 7.05. The topological polar surface area (TPSA) is 38.3 Å². The van der Waals surface area contributed by atoms with E-state index in [4.69, 9.17) is 4.74 Å². The van der Waals surface area contributed by atoms with E-state index in [1.165, 1.54) is 5.56 Å². The zero-order chi connectivity index (χ0) is 15.3. The lowest BCUT2D eigenvalue weighted by Crippen LogP contribution is -2.28. The summed E-state index contributed by atoms with van der Waals surface area (Å²) in [6.45, 7) is 5.75. The summed E-state index contributed by atoms with van der Waals surface area (Å²) in [5.74, 6) is -0.255. The number of carbonyl (C=O) groups is 1. The number of hydrogen-bond acceptors (Lipinski definition) is 3. The quantitative estimate of drug-likeness (QED) is 0.858. The van der Waals surface area contributed by atoms with Crippen LogP contribution in [0.2, 0.25) is 0 Å². The van der Waals surface area contributed by atoms with Gasteiger partial charge in [-0.25, -0.2) is 0 Å². The average Bonchev–Trinajstić information content (AvgIpc) is 2.45. The molecular weight excluding hydrogens is 262 g/mol. The second-order valence-electron chi connectivity index (χ2n) is 5.88. The monoisotopic (exact) mass is 283 g/mol. The molecule has 0 amide bonds. The third-order valence-corrected chi connectivity index (χ3v) is 2.85. The van der Waals surface area contributed by atoms with Crippen LogP contribution in [-0.2, 0) is 9.53 Å². The number of rotatable bonds is 4. The molecule has 2 aromatic carbocycles. The summed E-state index contributed by atoms with van der Waals surface area (Å²) in [5.41, 5.74) is 2.78. The van der Waals surface area contributed by atoms with E-state index in [0.29, 0.717) is 0 Å². The van der Waals surface area contributed by atoms with Gasteiger partial charge in [0.05, 0.1) is 0 Å². The summed E-state index contributed by atoms with van der Waals surface area (Å²) in [6.07, 6.45) is 0. The Hall–Kier alpha value is -2.29. The highest BCUT2D eigenvalue weighted by molar-refractivity contribution is 5.75. The number of hydrogen-bond donors (Lipinski definition) is 1. The van der Waals surface area contributed by atoms with Gasteiger partial charge in [0.15, 0.2) is 0 Å². The van der Waals surface area contributed by atoms with Crippen molar-refractivity contribution in [1.82, 2.24) is 0 Å². The van der Waals surface area contributed by atoms with Crippen molar-refractivity contribution in [2.45, 2.75) is 26.4 Å². The molecule has 110 valence electrons. The minimum Gasteiger partial charge on any atom is -0.459 e. The largest absolute Gasteiger partial charge is 0.459 e. The van der Waals surface area contributed by atoms with E-state index in [2.05, 4.69) is 17.4 Å². The van der Waals surface area contributed by atoms with E-state index in [1.807, 2.05) is 63.2 Å². The number of ether oxygens (including phenoxy) is 1. The fraction of sp³-hybridized carbons (Fsp3) is 0.278. The zero-order valence-electron chi connectivity index (χ0n) is 12.7. The number of nitrogens with one attached hydrogen (secondary N) is 1. The molecule has 0 saturated carbocycles. The Morgan fingerprint density at radius 3 is 2.10 bits per heavy atom. The van der Waals surface area contributed by atoms with Crippen molar-refractivity contribution in [2.24, 2.45) is 0 Å². The first-order chi connectivity index (χ1) is 9.94. The number of benzene rings is 2. The van der Waals surface area contributed by atoms with E-state index >= 15 is 0 Å². The minimum absolute atomic E-state index is 0.169. The Kier molecular flexibility index (Phi) is 4.63. The average molecular weight is 283 g/mol. The summed E-state index contributed by atoms with van der Waals surface area (Å²) in [6, 6.07) is 18.2. The van der Waals surface area contributed by atoms with Gasteiger partial charge in [0.2, 0.25) is 0 Å². The molecule has 0 aliphatic rings. The second-order valence-corrected chi connectivity index (χ2v) is 5.88. The van der Waals surface area contributed by atoms with Gasteiger partial charge in [0.1, 0.15) is 12.1 Å². The fourth-order valence-corrected chi connectivity index (χ4v) is 1.96. The van der Waals surface area contributed by atoms with Crippen molar-refractivity contribution in [1.29, 1.82) is 0 Å². The van der Waals surface area contributed by atoms with Crippen molar-refractivity contribution < 1.29 is 9.53 Å². The maximum absolute atomic E-state index is 11.6. The molecule has 0 spiro atoms. The molecule has 21 heavy (non-hydrogen) atoms. The standard InChI is InChI=1S/C18H21NO2/c1-18(2,3)21-17(20)13-19-16-11-9-15(10-12-16)14-7-5-4-6-8-14/h4-12,19H,13H2,1-3H3. The molecule has 0 fully saturated rings. The number of carbonyl (C=O) groups excluding carboxylic acids is 1. The molecule has 0 saturated heterocycles. The molecule has 0 aromatic heterocycles. The molecular formula is C18H21NO2. The van der Waals surface area contributed by atoms with Gasteiger partial charge in [0.25, 0.3) is 0 Å². The molecule has 0 radical (unpaired) electrons.